The maximum atomic E-state index is 12.7. The van der Waals surface area contributed by atoms with Gasteiger partial charge in [0.05, 0.1) is 24.5 Å². The molecule has 1 atom stereocenters. The zero-order valence-electron chi connectivity index (χ0n) is 15.7. The molecular weight excluding hydrogens is 391 g/mol. The summed E-state index contributed by atoms with van der Waals surface area (Å²) in [5, 5.41) is 3.46. The number of halogens is 3. The summed E-state index contributed by atoms with van der Waals surface area (Å²) >= 11 is 1.18. The minimum Gasteiger partial charge on any atom is -0.379 e. The first kappa shape index (κ1) is 20.8. The average Bonchev–Trinajstić information content (AvgIpc) is 3.08. The van der Waals surface area contributed by atoms with Crippen molar-refractivity contribution in [1.82, 2.24) is 15.2 Å². The molecule has 9 heteroatoms. The summed E-state index contributed by atoms with van der Waals surface area (Å²) < 4.78 is 43.4. The molecule has 1 fully saturated rings. The molecule has 0 spiro atoms. The maximum Gasteiger partial charge on any atom is 0.416 e. The third kappa shape index (κ3) is 4.89. The third-order valence-corrected chi connectivity index (χ3v) is 5.89. The molecule has 2 heterocycles. The normalized spacial score (nSPS) is 16.8. The van der Waals surface area contributed by atoms with Crippen LogP contribution in [0.5, 0.6) is 0 Å². The second-order valence-corrected chi connectivity index (χ2v) is 7.72. The van der Waals surface area contributed by atoms with Crippen molar-refractivity contribution >= 4 is 17.2 Å². The Morgan fingerprint density at radius 2 is 1.93 bits per heavy atom. The van der Waals surface area contributed by atoms with Crippen molar-refractivity contribution in [3.63, 3.8) is 0 Å². The van der Waals surface area contributed by atoms with Gasteiger partial charge in [0, 0.05) is 31.2 Å². The lowest BCUT2D eigenvalue weighted by atomic mass is 10.1. The van der Waals surface area contributed by atoms with Crippen molar-refractivity contribution in [1.29, 1.82) is 0 Å². The van der Waals surface area contributed by atoms with E-state index in [1.807, 2.05) is 0 Å². The summed E-state index contributed by atoms with van der Waals surface area (Å²) in [6, 6.07) is 4.99. The number of nitrogens with zero attached hydrogens (tertiary/aromatic N) is 2. The number of amides is 1. The molecule has 5 nitrogen and oxygen atoms in total. The Kier molecular flexibility index (Phi) is 6.36. The van der Waals surface area contributed by atoms with Crippen LogP contribution in [0.3, 0.4) is 0 Å². The predicted molar refractivity (Wildman–Crippen MR) is 101 cm³/mol. The second kappa shape index (κ2) is 8.59. The van der Waals surface area contributed by atoms with Crippen molar-refractivity contribution in [3.8, 4) is 10.6 Å². The van der Waals surface area contributed by atoms with E-state index in [1.54, 1.807) is 6.92 Å². The first-order valence-electron chi connectivity index (χ1n) is 9.01. The third-order valence-electron chi connectivity index (χ3n) is 4.69. The molecule has 28 heavy (non-hydrogen) atoms. The lowest BCUT2D eigenvalue weighted by Crippen LogP contribution is -2.47. The number of nitrogens with one attached hydrogen (secondary N) is 1. The molecule has 1 N–H and O–H groups in total. The number of hydrogen-bond donors (Lipinski definition) is 1. The van der Waals surface area contributed by atoms with Crippen LogP contribution in [-0.2, 0) is 10.9 Å². The smallest absolute Gasteiger partial charge is 0.379 e. The van der Waals surface area contributed by atoms with Crippen LogP contribution in [-0.4, -0.2) is 54.7 Å². The zero-order chi connectivity index (χ0) is 20.3. The van der Waals surface area contributed by atoms with Crippen LogP contribution in [0.2, 0.25) is 0 Å². The first-order valence-corrected chi connectivity index (χ1v) is 9.82. The van der Waals surface area contributed by atoms with Crippen LogP contribution in [0.25, 0.3) is 10.6 Å². The number of aromatic nitrogens is 1. The number of carbonyl (C=O) groups is 1. The molecule has 3 rings (SSSR count). The van der Waals surface area contributed by atoms with Gasteiger partial charge in [-0.05, 0) is 26.0 Å². The monoisotopic (exact) mass is 413 g/mol. The molecule has 1 amide bonds. The largest absolute Gasteiger partial charge is 0.416 e. The fraction of sp³-hybridized carbons (Fsp3) is 0.474. The summed E-state index contributed by atoms with van der Waals surface area (Å²) in [4.78, 5) is 19.6. The van der Waals surface area contributed by atoms with Gasteiger partial charge in [0.1, 0.15) is 9.88 Å². The van der Waals surface area contributed by atoms with Crippen molar-refractivity contribution < 1.29 is 22.7 Å². The minimum absolute atomic E-state index is 0.190. The zero-order valence-corrected chi connectivity index (χ0v) is 16.5. The molecular formula is C19H22F3N3O2S. The van der Waals surface area contributed by atoms with Crippen LogP contribution in [0.15, 0.2) is 24.3 Å². The van der Waals surface area contributed by atoms with Gasteiger partial charge >= 0.3 is 6.18 Å². The molecule has 1 unspecified atom stereocenters. The van der Waals surface area contributed by atoms with Gasteiger partial charge < -0.3 is 10.1 Å². The van der Waals surface area contributed by atoms with E-state index in [0.717, 1.165) is 25.2 Å². The standard InChI is InChI=1S/C19H22F3N3O2S/c1-12(25-7-9-27-10-8-25)11-23-17(26)16-13(2)24-18(28-16)14-3-5-15(6-4-14)19(20,21)22/h3-6,12H,7-11H2,1-2H3,(H,23,26). The molecule has 0 bridgehead atoms. The molecule has 0 aliphatic carbocycles. The van der Waals surface area contributed by atoms with E-state index in [-0.39, 0.29) is 11.9 Å². The number of alkyl halides is 3. The summed E-state index contributed by atoms with van der Waals surface area (Å²) in [5.74, 6) is -0.215. The van der Waals surface area contributed by atoms with E-state index in [1.165, 1.54) is 23.5 Å². The molecule has 152 valence electrons. The Hall–Kier alpha value is -1.97. The van der Waals surface area contributed by atoms with Gasteiger partial charge in [-0.3, -0.25) is 9.69 Å². The SMILES string of the molecule is Cc1nc(-c2ccc(C(F)(F)F)cc2)sc1C(=O)NCC(C)N1CCOCC1. The van der Waals surface area contributed by atoms with Crippen molar-refractivity contribution in [2.45, 2.75) is 26.1 Å². The molecule has 1 aromatic carbocycles. The number of aryl methyl sites for hydroxylation is 1. The fourth-order valence-corrected chi connectivity index (χ4v) is 3.99. The second-order valence-electron chi connectivity index (χ2n) is 6.72. The van der Waals surface area contributed by atoms with Crippen LogP contribution >= 0.6 is 11.3 Å². The van der Waals surface area contributed by atoms with Crippen molar-refractivity contribution in [2.24, 2.45) is 0 Å². The van der Waals surface area contributed by atoms with Gasteiger partial charge in [-0.15, -0.1) is 11.3 Å². The highest BCUT2D eigenvalue weighted by Crippen LogP contribution is 2.33. The number of benzene rings is 1. The number of hydrogen-bond acceptors (Lipinski definition) is 5. The van der Waals surface area contributed by atoms with E-state index in [2.05, 4.69) is 22.1 Å². The highest BCUT2D eigenvalue weighted by atomic mass is 32.1. The Morgan fingerprint density at radius 1 is 1.29 bits per heavy atom. The number of rotatable bonds is 5. The van der Waals surface area contributed by atoms with Gasteiger partial charge in [0.2, 0.25) is 0 Å². The van der Waals surface area contributed by atoms with Crippen LogP contribution < -0.4 is 5.32 Å². The quantitative estimate of drug-likeness (QED) is 0.814. The summed E-state index contributed by atoms with van der Waals surface area (Å²) in [6.45, 7) is 7.36. The number of ether oxygens (including phenoxy) is 1. The topological polar surface area (TPSA) is 54.5 Å². The van der Waals surface area contributed by atoms with E-state index in [9.17, 15) is 18.0 Å². The van der Waals surface area contributed by atoms with E-state index in [4.69, 9.17) is 4.74 Å². The first-order chi connectivity index (χ1) is 13.3. The Balaban J connectivity index is 1.65. The van der Waals surface area contributed by atoms with Gasteiger partial charge in [-0.2, -0.15) is 13.2 Å². The van der Waals surface area contributed by atoms with E-state index in [0.29, 0.717) is 40.9 Å². The Morgan fingerprint density at radius 3 is 2.54 bits per heavy atom. The van der Waals surface area contributed by atoms with Gasteiger partial charge in [-0.1, -0.05) is 12.1 Å². The van der Waals surface area contributed by atoms with Crippen molar-refractivity contribution in [3.05, 3.63) is 40.4 Å². The van der Waals surface area contributed by atoms with Crippen molar-refractivity contribution in [2.75, 3.05) is 32.8 Å². The molecule has 0 radical (unpaired) electrons. The molecule has 1 aliphatic rings. The lowest BCUT2D eigenvalue weighted by Gasteiger charge is -2.32. The lowest BCUT2D eigenvalue weighted by molar-refractivity contribution is -0.137. The van der Waals surface area contributed by atoms with Gasteiger partial charge in [-0.25, -0.2) is 4.98 Å². The maximum absolute atomic E-state index is 12.7. The van der Waals surface area contributed by atoms with Crippen LogP contribution in [0.4, 0.5) is 13.2 Å². The Bertz CT molecular complexity index is 815. The average molecular weight is 413 g/mol. The van der Waals surface area contributed by atoms with E-state index < -0.39 is 11.7 Å². The number of carbonyl (C=O) groups excluding carboxylic acids is 1. The van der Waals surface area contributed by atoms with E-state index >= 15 is 0 Å². The number of morpholine rings is 1. The fourth-order valence-electron chi connectivity index (χ4n) is 3.00. The molecule has 1 aliphatic heterocycles. The summed E-state index contributed by atoms with van der Waals surface area (Å²) in [5.41, 5.74) is 0.415. The predicted octanol–water partition coefficient (Wildman–Crippen LogP) is 3.59. The minimum atomic E-state index is -4.38. The molecule has 1 aromatic heterocycles. The molecule has 0 saturated carbocycles. The highest BCUT2D eigenvalue weighted by molar-refractivity contribution is 7.17. The highest BCUT2D eigenvalue weighted by Gasteiger charge is 2.30. The summed E-state index contributed by atoms with van der Waals surface area (Å²) in [6.07, 6.45) is -4.38. The molecule has 1 saturated heterocycles. The van der Waals surface area contributed by atoms with Gasteiger partial charge in [0.15, 0.2) is 0 Å². The Labute approximate surface area is 165 Å². The summed E-state index contributed by atoms with van der Waals surface area (Å²) in [7, 11) is 0. The van der Waals surface area contributed by atoms with Crippen LogP contribution in [0, 0.1) is 6.92 Å². The molecule has 2 aromatic rings. The van der Waals surface area contributed by atoms with Gasteiger partial charge in [0.25, 0.3) is 5.91 Å². The number of thiazole rings is 1. The van der Waals surface area contributed by atoms with Crippen LogP contribution in [0.1, 0.15) is 27.9 Å².